The van der Waals surface area contributed by atoms with Crippen LogP contribution < -0.4 is 5.69 Å². The van der Waals surface area contributed by atoms with Gasteiger partial charge in [-0.3, -0.25) is 18.9 Å². The molecule has 243 valence electrons. The third-order valence-electron chi connectivity index (χ3n) is 8.70. The summed E-state index contributed by atoms with van der Waals surface area (Å²) in [6.07, 6.45) is 6.74. The Labute approximate surface area is 284 Å². The molecule has 5 aromatic rings. The number of aromatic nitrogens is 3. The van der Waals surface area contributed by atoms with Gasteiger partial charge < -0.3 is 5.11 Å². The van der Waals surface area contributed by atoms with E-state index in [0.717, 1.165) is 62.8 Å². The van der Waals surface area contributed by atoms with E-state index >= 15 is 0 Å². The van der Waals surface area contributed by atoms with Gasteiger partial charge in [-0.05, 0) is 37.2 Å². The molecule has 2 aromatic carbocycles. The fourth-order valence-electron chi connectivity index (χ4n) is 5.91. The Hall–Kier alpha value is -3.06. The number of hydrogen-bond acceptors (Lipinski definition) is 5. The number of imidazole rings is 1. The van der Waals surface area contributed by atoms with Crippen molar-refractivity contribution >= 4 is 48.3 Å². The maximum absolute atomic E-state index is 12.4. The number of thiophene rings is 1. The van der Waals surface area contributed by atoms with E-state index in [9.17, 15) is 14.7 Å². The molecular weight excluding hydrogens is 759 g/mol. The van der Waals surface area contributed by atoms with E-state index in [-0.39, 0.29) is 54.6 Å². The number of aliphatic hydroxyl groups is 1. The molecule has 0 amide bonds. The molecule has 8 heteroatoms. The van der Waals surface area contributed by atoms with Crippen LogP contribution in [0.4, 0.5) is 0 Å². The van der Waals surface area contributed by atoms with E-state index in [1.54, 1.807) is 20.5 Å². The van der Waals surface area contributed by atoms with E-state index in [1.807, 2.05) is 54.1 Å². The Bertz CT molecular complexity index is 1880. The van der Waals surface area contributed by atoms with Gasteiger partial charge in [0, 0.05) is 74.1 Å². The number of nitrogens with zero attached hydrogens (tertiary/aromatic N) is 3. The Morgan fingerprint density at radius 2 is 1.60 bits per heavy atom. The minimum absolute atomic E-state index is 0. The van der Waals surface area contributed by atoms with Crippen LogP contribution in [0.5, 0.6) is 0 Å². The second kappa shape index (κ2) is 15.0. The molecule has 0 aliphatic heterocycles. The van der Waals surface area contributed by atoms with Crippen LogP contribution in [0.1, 0.15) is 79.7 Å². The summed E-state index contributed by atoms with van der Waals surface area (Å²) in [6, 6.07) is 16.2. The Morgan fingerprint density at radius 3 is 2.20 bits per heavy atom. The molecule has 0 unspecified atom stereocenters. The monoisotopic (exact) mass is 805 g/mol. The van der Waals surface area contributed by atoms with Gasteiger partial charge in [0.2, 0.25) is 0 Å². The van der Waals surface area contributed by atoms with Crippen LogP contribution in [0.15, 0.2) is 59.2 Å². The number of hydrogen-bond donors (Lipinski definition) is 1. The number of carbonyl (C=O) groups excluding carboxylic acids is 1. The van der Waals surface area contributed by atoms with Crippen LogP contribution in [-0.2, 0) is 44.4 Å². The SMILES string of the molecule is CCC(CC)C(=O)/C=C(\O)C(CC)CC.Cn1c(=O)n(C)c2c3ccnc(-c4[c-]c5ccccc5c(C(C)(C)C)c4)c3sc21.[Ir]. The molecular formula is C37H46IrN3O3S-. The van der Waals surface area contributed by atoms with E-state index in [1.165, 1.54) is 17.0 Å². The van der Waals surface area contributed by atoms with Crippen molar-refractivity contribution in [2.24, 2.45) is 25.9 Å². The van der Waals surface area contributed by atoms with Gasteiger partial charge in [-0.25, -0.2) is 4.79 Å². The summed E-state index contributed by atoms with van der Waals surface area (Å²) in [6.45, 7) is 14.8. The summed E-state index contributed by atoms with van der Waals surface area (Å²) in [4.78, 5) is 29.8. The first-order chi connectivity index (χ1) is 20.9. The number of aryl methyl sites for hydroxylation is 2. The van der Waals surface area contributed by atoms with Crippen LogP contribution in [0.25, 0.3) is 42.5 Å². The average molecular weight is 805 g/mol. The number of allylic oxidation sites excluding steroid dienone is 2. The number of carbonyl (C=O) groups is 1. The predicted octanol–water partition coefficient (Wildman–Crippen LogP) is 9.27. The molecule has 0 fully saturated rings. The quantitative estimate of drug-likeness (QED) is 0.0965. The molecule has 6 nitrogen and oxygen atoms in total. The zero-order valence-corrected chi connectivity index (χ0v) is 31.2. The summed E-state index contributed by atoms with van der Waals surface area (Å²) in [5.41, 5.74) is 4.18. The van der Waals surface area contributed by atoms with Crippen molar-refractivity contribution in [3.05, 3.63) is 76.5 Å². The first kappa shape index (κ1) is 36.4. The smallest absolute Gasteiger partial charge is 0.329 e. The van der Waals surface area contributed by atoms with Crippen molar-refractivity contribution < 1.29 is 30.0 Å². The maximum Gasteiger partial charge on any atom is 0.329 e. The Balaban J connectivity index is 0.000000297. The minimum Gasteiger partial charge on any atom is -0.512 e. The van der Waals surface area contributed by atoms with Crippen LogP contribution in [0.2, 0.25) is 0 Å². The second-order valence-electron chi connectivity index (χ2n) is 12.6. The van der Waals surface area contributed by atoms with E-state index in [4.69, 9.17) is 4.98 Å². The standard InChI is InChI=1S/C24H22N3OS.C13H24O2.Ir/c1-24(2,3)18-13-15(12-14-8-6-7-9-16(14)18)19-21-17(10-11-25-19)20-22(29-21)27(5)23(28)26(20)4;1-5-10(6-2)12(14)9-13(15)11(7-3)8-4;/h6-11,13H,1-5H3;9-11,14H,5-8H2,1-4H3;/q-1;;/b;12-9-;. The fourth-order valence-corrected chi connectivity index (χ4v) is 7.19. The van der Waals surface area contributed by atoms with E-state index in [0.29, 0.717) is 0 Å². The van der Waals surface area contributed by atoms with Crippen LogP contribution in [-0.4, -0.2) is 25.0 Å². The van der Waals surface area contributed by atoms with Crippen LogP contribution in [0, 0.1) is 17.9 Å². The van der Waals surface area contributed by atoms with Crippen molar-refractivity contribution in [1.29, 1.82) is 0 Å². The fraction of sp³-hybridized carbons (Fsp3) is 0.432. The summed E-state index contributed by atoms with van der Waals surface area (Å²) in [7, 11) is 3.66. The van der Waals surface area contributed by atoms with Gasteiger partial charge >= 0.3 is 5.69 Å². The Morgan fingerprint density at radius 1 is 0.978 bits per heavy atom. The van der Waals surface area contributed by atoms with Crippen LogP contribution in [0.3, 0.4) is 0 Å². The average Bonchev–Trinajstić information content (AvgIpc) is 3.49. The van der Waals surface area contributed by atoms with Gasteiger partial charge in [0.1, 0.15) is 4.83 Å². The van der Waals surface area contributed by atoms with Crippen molar-refractivity contribution in [2.45, 2.75) is 79.6 Å². The molecule has 3 heterocycles. The third kappa shape index (κ3) is 7.34. The Kier molecular flexibility index (Phi) is 12.2. The van der Waals surface area contributed by atoms with Gasteiger partial charge in [0.25, 0.3) is 0 Å². The second-order valence-corrected chi connectivity index (χ2v) is 13.6. The zero-order chi connectivity index (χ0) is 32.3. The summed E-state index contributed by atoms with van der Waals surface area (Å²) in [5, 5.41) is 13.2. The van der Waals surface area contributed by atoms with Gasteiger partial charge in [-0.15, -0.1) is 40.5 Å². The summed E-state index contributed by atoms with van der Waals surface area (Å²) >= 11 is 1.62. The van der Waals surface area contributed by atoms with Crippen LogP contribution >= 0.6 is 11.3 Å². The summed E-state index contributed by atoms with van der Waals surface area (Å²) < 4.78 is 4.53. The number of ketones is 1. The maximum atomic E-state index is 12.4. The van der Waals surface area contributed by atoms with Gasteiger partial charge in [0.05, 0.1) is 11.3 Å². The molecule has 0 saturated carbocycles. The number of pyridine rings is 1. The van der Waals surface area contributed by atoms with E-state index in [2.05, 4.69) is 57.2 Å². The molecule has 1 N–H and O–H groups in total. The number of rotatable bonds is 8. The van der Waals surface area contributed by atoms with Crippen molar-refractivity contribution in [1.82, 2.24) is 14.1 Å². The molecule has 5 rings (SSSR count). The first-order valence-electron chi connectivity index (χ1n) is 15.7. The summed E-state index contributed by atoms with van der Waals surface area (Å²) in [5.74, 6) is 0.547. The third-order valence-corrected chi connectivity index (χ3v) is 9.97. The molecule has 45 heavy (non-hydrogen) atoms. The molecule has 3 aromatic heterocycles. The van der Waals surface area contributed by atoms with Crippen molar-refractivity contribution in [3.8, 4) is 11.3 Å². The topological polar surface area (TPSA) is 77.1 Å². The predicted molar refractivity (Wildman–Crippen MR) is 186 cm³/mol. The molecule has 0 aliphatic rings. The van der Waals surface area contributed by atoms with Crippen molar-refractivity contribution in [3.63, 3.8) is 0 Å². The molecule has 0 spiro atoms. The molecule has 0 atom stereocenters. The number of benzene rings is 2. The minimum atomic E-state index is -0.00111. The van der Waals surface area contributed by atoms with Gasteiger partial charge in [-0.1, -0.05) is 77.6 Å². The number of aliphatic hydroxyl groups excluding tert-OH is 1. The molecule has 1 radical (unpaired) electrons. The van der Waals surface area contributed by atoms with Crippen molar-refractivity contribution in [2.75, 3.05) is 0 Å². The first-order valence-corrected chi connectivity index (χ1v) is 16.5. The zero-order valence-electron chi connectivity index (χ0n) is 27.9. The van der Waals surface area contributed by atoms with Gasteiger partial charge in [-0.2, -0.15) is 0 Å². The largest absolute Gasteiger partial charge is 0.512 e. The number of fused-ring (bicyclic) bond motifs is 4. The molecule has 0 bridgehead atoms. The molecule has 0 aliphatic carbocycles. The normalized spacial score (nSPS) is 12.2. The molecule has 0 saturated heterocycles. The van der Waals surface area contributed by atoms with Gasteiger partial charge in [0.15, 0.2) is 5.78 Å². The van der Waals surface area contributed by atoms with E-state index < -0.39 is 0 Å².